The number of anilines is 1. The topological polar surface area (TPSA) is 49.3 Å². The molecule has 1 aromatic heterocycles. The summed E-state index contributed by atoms with van der Waals surface area (Å²) >= 11 is 1.40. The molecule has 1 amide bonds. The number of amides is 1. The summed E-state index contributed by atoms with van der Waals surface area (Å²) in [5.41, 5.74) is 1.48. The number of hydrogen-bond acceptors (Lipinski definition) is 3. The van der Waals surface area contributed by atoms with Crippen molar-refractivity contribution in [3.63, 3.8) is 0 Å². The highest BCUT2D eigenvalue weighted by Gasteiger charge is 2.07. The van der Waals surface area contributed by atoms with Gasteiger partial charge in [-0.3, -0.25) is 4.79 Å². The maximum Gasteiger partial charge on any atom is 0.265 e. The molecule has 1 atom stereocenters. The molecule has 2 N–H and O–H groups in total. The summed E-state index contributed by atoms with van der Waals surface area (Å²) in [6.45, 7) is 1.69. The van der Waals surface area contributed by atoms with Gasteiger partial charge in [0.05, 0.1) is 11.0 Å². The summed E-state index contributed by atoms with van der Waals surface area (Å²) in [5, 5.41) is 14.1. The van der Waals surface area contributed by atoms with Crippen LogP contribution >= 0.6 is 11.3 Å². The van der Waals surface area contributed by atoms with Gasteiger partial charge in [0.1, 0.15) is 0 Å². The molecule has 0 aliphatic carbocycles. The molecule has 1 heterocycles. The molecule has 0 bridgehead atoms. The highest BCUT2D eigenvalue weighted by Crippen LogP contribution is 2.18. The molecule has 0 spiro atoms. The molecule has 0 aliphatic heterocycles. The maximum atomic E-state index is 11.8. The summed E-state index contributed by atoms with van der Waals surface area (Å²) in [6, 6.07) is 10.8. The number of thiophene rings is 1. The first kappa shape index (κ1) is 11.8. The molecule has 0 saturated carbocycles. The van der Waals surface area contributed by atoms with Gasteiger partial charge in [0.25, 0.3) is 5.91 Å². The molecule has 4 heteroatoms. The molecule has 0 radical (unpaired) electrons. The third-order valence-electron chi connectivity index (χ3n) is 2.37. The fraction of sp³-hybridized carbons (Fsp3) is 0.154. The van der Waals surface area contributed by atoms with Crippen molar-refractivity contribution in [2.75, 3.05) is 5.32 Å². The van der Waals surface area contributed by atoms with Gasteiger partial charge in [-0.15, -0.1) is 11.3 Å². The van der Waals surface area contributed by atoms with E-state index in [1.807, 2.05) is 23.6 Å². The Morgan fingerprint density at radius 2 is 2.18 bits per heavy atom. The number of carbonyl (C=O) groups is 1. The molecule has 2 aromatic rings. The summed E-state index contributed by atoms with van der Waals surface area (Å²) in [5.74, 6) is -0.122. The van der Waals surface area contributed by atoms with Gasteiger partial charge >= 0.3 is 0 Å². The maximum absolute atomic E-state index is 11.8. The number of carbonyl (C=O) groups excluding carboxylic acids is 1. The van der Waals surface area contributed by atoms with Crippen molar-refractivity contribution in [2.45, 2.75) is 13.0 Å². The van der Waals surface area contributed by atoms with Crippen LogP contribution in [-0.4, -0.2) is 11.0 Å². The van der Waals surface area contributed by atoms with Crippen LogP contribution in [0.1, 0.15) is 28.3 Å². The normalized spacial score (nSPS) is 12.1. The first-order chi connectivity index (χ1) is 8.16. The molecule has 3 nitrogen and oxygen atoms in total. The van der Waals surface area contributed by atoms with Crippen molar-refractivity contribution in [3.8, 4) is 0 Å². The minimum Gasteiger partial charge on any atom is -0.389 e. The lowest BCUT2D eigenvalue weighted by molar-refractivity contribution is 0.103. The summed E-state index contributed by atoms with van der Waals surface area (Å²) in [6.07, 6.45) is -0.534. The van der Waals surface area contributed by atoms with Crippen molar-refractivity contribution >= 4 is 22.9 Å². The van der Waals surface area contributed by atoms with Crippen LogP contribution in [-0.2, 0) is 0 Å². The average molecular weight is 247 g/mol. The number of aliphatic hydroxyl groups excluding tert-OH is 1. The molecule has 0 fully saturated rings. The second-order valence-electron chi connectivity index (χ2n) is 3.73. The lowest BCUT2D eigenvalue weighted by atomic mass is 10.1. The van der Waals surface area contributed by atoms with E-state index in [0.29, 0.717) is 10.6 Å². The fourth-order valence-corrected chi connectivity index (χ4v) is 2.10. The number of rotatable bonds is 3. The van der Waals surface area contributed by atoms with Crippen molar-refractivity contribution in [3.05, 3.63) is 52.2 Å². The summed E-state index contributed by atoms with van der Waals surface area (Å²) < 4.78 is 0. The van der Waals surface area contributed by atoms with Crippen LogP contribution in [0.2, 0.25) is 0 Å². The van der Waals surface area contributed by atoms with E-state index in [1.165, 1.54) is 11.3 Å². The van der Waals surface area contributed by atoms with Crippen LogP contribution in [0.25, 0.3) is 0 Å². The highest BCUT2D eigenvalue weighted by atomic mass is 32.1. The van der Waals surface area contributed by atoms with E-state index in [1.54, 1.807) is 25.1 Å². The molecule has 1 unspecified atom stereocenters. The second kappa shape index (κ2) is 5.12. The van der Waals surface area contributed by atoms with Crippen LogP contribution in [0.15, 0.2) is 41.8 Å². The molecule has 1 aromatic carbocycles. The Kier molecular flexibility index (Phi) is 3.56. The van der Waals surface area contributed by atoms with Gasteiger partial charge in [-0.25, -0.2) is 0 Å². The third kappa shape index (κ3) is 2.93. The van der Waals surface area contributed by atoms with Crippen LogP contribution in [0.5, 0.6) is 0 Å². The minimum absolute atomic E-state index is 0.122. The van der Waals surface area contributed by atoms with E-state index in [4.69, 9.17) is 0 Å². The van der Waals surface area contributed by atoms with Gasteiger partial charge < -0.3 is 10.4 Å². The largest absolute Gasteiger partial charge is 0.389 e. The Hall–Kier alpha value is -1.65. The lowest BCUT2D eigenvalue weighted by Gasteiger charge is -2.08. The molecular weight excluding hydrogens is 234 g/mol. The van der Waals surface area contributed by atoms with E-state index < -0.39 is 6.10 Å². The van der Waals surface area contributed by atoms with Crippen molar-refractivity contribution in [1.29, 1.82) is 0 Å². The van der Waals surface area contributed by atoms with Crippen molar-refractivity contribution < 1.29 is 9.90 Å². The van der Waals surface area contributed by atoms with E-state index in [0.717, 1.165) is 5.56 Å². The molecule has 2 rings (SSSR count). The van der Waals surface area contributed by atoms with Gasteiger partial charge in [0.2, 0.25) is 0 Å². The first-order valence-electron chi connectivity index (χ1n) is 5.29. The molecule has 0 saturated heterocycles. The Morgan fingerprint density at radius 3 is 2.82 bits per heavy atom. The molecule has 88 valence electrons. The van der Waals surface area contributed by atoms with Gasteiger partial charge in [0.15, 0.2) is 0 Å². The van der Waals surface area contributed by atoms with Crippen LogP contribution in [0, 0.1) is 0 Å². The SMILES string of the molecule is CC(O)c1cccc(NC(=O)c2cccs2)c1. The number of nitrogens with one attached hydrogen (secondary N) is 1. The summed E-state index contributed by atoms with van der Waals surface area (Å²) in [4.78, 5) is 12.5. The zero-order chi connectivity index (χ0) is 12.3. The van der Waals surface area contributed by atoms with Gasteiger partial charge in [-0.1, -0.05) is 18.2 Å². The first-order valence-corrected chi connectivity index (χ1v) is 6.17. The summed E-state index contributed by atoms with van der Waals surface area (Å²) in [7, 11) is 0. The second-order valence-corrected chi connectivity index (χ2v) is 4.68. The van der Waals surface area contributed by atoms with Gasteiger partial charge in [0, 0.05) is 5.69 Å². The predicted molar refractivity (Wildman–Crippen MR) is 69.3 cm³/mol. The fourth-order valence-electron chi connectivity index (χ4n) is 1.48. The predicted octanol–water partition coefficient (Wildman–Crippen LogP) is 3.05. The van der Waals surface area contributed by atoms with E-state index in [-0.39, 0.29) is 5.91 Å². The van der Waals surface area contributed by atoms with Crippen molar-refractivity contribution in [2.24, 2.45) is 0 Å². The van der Waals surface area contributed by atoms with E-state index in [9.17, 15) is 9.90 Å². The standard InChI is InChI=1S/C13H13NO2S/c1-9(15)10-4-2-5-11(8-10)14-13(16)12-6-3-7-17-12/h2-9,15H,1H3,(H,14,16). The number of aliphatic hydroxyl groups is 1. The average Bonchev–Trinajstić information content (AvgIpc) is 2.82. The van der Waals surface area contributed by atoms with Gasteiger partial charge in [-0.2, -0.15) is 0 Å². The van der Waals surface area contributed by atoms with E-state index >= 15 is 0 Å². The van der Waals surface area contributed by atoms with Crippen LogP contribution < -0.4 is 5.32 Å². The van der Waals surface area contributed by atoms with Crippen LogP contribution in [0.3, 0.4) is 0 Å². The quantitative estimate of drug-likeness (QED) is 0.875. The zero-order valence-corrected chi connectivity index (χ0v) is 10.2. The highest BCUT2D eigenvalue weighted by molar-refractivity contribution is 7.12. The van der Waals surface area contributed by atoms with Gasteiger partial charge in [-0.05, 0) is 36.1 Å². The van der Waals surface area contributed by atoms with Crippen LogP contribution in [0.4, 0.5) is 5.69 Å². The Balaban J connectivity index is 2.14. The van der Waals surface area contributed by atoms with E-state index in [2.05, 4.69) is 5.32 Å². The Labute approximate surface area is 104 Å². The monoisotopic (exact) mass is 247 g/mol. The smallest absolute Gasteiger partial charge is 0.265 e. The molecular formula is C13H13NO2S. The lowest BCUT2D eigenvalue weighted by Crippen LogP contribution is -2.10. The van der Waals surface area contributed by atoms with Crippen molar-refractivity contribution in [1.82, 2.24) is 0 Å². The molecule has 0 aliphatic rings. The zero-order valence-electron chi connectivity index (χ0n) is 9.38. The molecule has 17 heavy (non-hydrogen) atoms. The number of benzene rings is 1. The number of hydrogen-bond donors (Lipinski definition) is 2. The Bertz CT molecular complexity index is 506. The third-order valence-corrected chi connectivity index (χ3v) is 3.24. The minimum atomic E-state index is -0.534. The Morgan fingerprint density at radius 1 is 1.35 bits per heavy atom.